The number of carboxylic acid groups (broad SMARTS) is 1. The Labute approximate surface area is 134 Å². The number of aliphatic carboxylic acids is 1. The Hall–Kier alpha value is -1.85. The Morgan fingerprint density at radius 2 is 2.00 bits per heavy atom. The van der Waals surface area contributed by atoms with Crippen LogP contribution in [0.5, 0.6) is 0 Å². The zero-order chi connectivity index (χ0) is 16.0. The van der Waals surface area contributed by atoms with E-state index >= 15 is 0 Å². The van der Waals surface area contributed by atoms with Gasteiger partial charge in [-0.15, -0.1) is 0 Å². The van der Waals surface area contributed by atoms with E-state index in [1.54, 1.807) is 4.68 Å². The quantitative estimate of drug-likeness (QED) is 0.917. The minimum absolute atomic E-state index is 0.169. The molecule has 1 saturated heterocycles. The van der Waals surface area contributed by atoms with Gasteiger partial charge in [0.15, 0.2) is 0 Å². The second-order valence-corrected chi connectivity index (χ2v) is 8.20. The van der Waals surface area contributed by atoms with E-state index in [4.69, 9.17) is 0 Å². The molecular formula is C17H21N3O3. The van der Waals surface area contributed by atoms with Crippen molar-refractivity contribution in [2.75, 3.05) is 6.54 Å². The highest BCUT2D eigenvalue weighted by Gasteiger charge is 2.77. The molecule has 4 aliphatic carbocycles. The summed E-state index contributed by atoms with van der Waals surface area (Å²) in [6.07, 6.45) is 8.80. The molecular weight excluding hydrogens is 294 g/mol. The summed E-state index contributed by atoms with van der Waals surface area (Å²) < 4.78 is 1.81. The lowest BCUT2D eigenvalue weighted by molar-refractivity contribution is -0.230. The number of fused-ring (bicyclic) bond motifs is 1. The summed E-state index contributed by atoms with van der Waals surface area (Å²) in [6, 6.07) is 0. The Morgan fingerprint density at radius 3 is 2.52 bits per heavy atom. The summed E-state index contributed by atoms with van der Waals surface area (Å²) >= 11 is 0. The van der Waals surface area contributed by atoms with Crippen LogP contribution in [-0.2, 0) is 22.2 Å². The van der Waals surface area contributed by atoms with E-state index < -0.39 is 11.4 Å². The predicted molar refractivity (Wildman–Crippen MR) is 80.3 cm³/mol. The van der Waals surface area contributed by atoms with E-state index in [0.29, 0.717) is 25.2 Å². The fourth-order valence-corrected chi connectivity index (χ4v) is 5.84. The van der Waals surface area contributed by atoms with Crippen molar-refractivity contribution in [2.24, 2.45) is 23.8 Å². The lowest BCUT2D eigenvalue weighted by Gasteiger charge is -2.68. The molecule has 0 radical (unpaired) electrons. The summed E-state index contributed by atoms with van der Waals surface area (Å²) in [4.78, 5) is 26.6. The molecule has 122 valence electrons. The van der Waals surface area contributed by atoms with Gasteiger partial charge in [0.1, 0.15) is 0 Å². The molecule has 2 bridgehead atoms. The fourth-order valence-electron chi connectivity index (χ4n) is 5.84. The number of aromatic nitrogens is 2. The summed E-state index contributed by atoms with van der Waals surface area (Å²) in [5, 5.41) is 13.6. The normalized spacial score (nSPS) is 43.2. The van der Waals surface area contributed by atoms with Gasteiger partial charge < -0.3 is 10.0 Å². The largest absolute Gasteiger partial charge is 0.481 e. The van der Waals surface area contributed by atoms with Crippen LogP contribution in [0.25, 0.3) is 0 Å². The number of hydrogen-bond acceptors (Lipinski definition) is 3. The first-order chi connectivity index (χ1) is 10.9. The Balaban J connectivity index is 1.45. The number of likely N-dealkylation sites (tertiary alicyclic amines) is 1. The molecule has 0 spiro atoms. The van der Waals surface area contributed by atoms with E-state index in [0.717, 1.165) is 24.9 Å². The van der Waals surface area contributed by atoms with Crippen LogP contribution < -0.4 is 0 Å². The van der Waals surface area contributed by atoms with Crippen LogP contribution in [0.3, 0.4) is 0 Å². The molecule has 1 N–H and O–H groups in total. The van der Waals surface area contributed by atoms with Crippen LogP contribution in [0.15, 0.2) is 12.4 Å². The minimum atomic E-state index is -0.725. The molecule has 1 aromatic rings. The van der Waals surface area contributed by atoms with E-state index in [9.17, 15) is 14.7 Å². The molecule has 5 aliphatic rings. The average Bonchev–Trinajstić information content (AvgIpc) is 2.88. The molecule has 1 amide bonds. The van der Waals surface area contributed by atoms with Gasteiger partial charge in [0.25, 0.3) is 0 Å². The smallest absolute Gasteiger partial charge is 0.309 e. The van der Waals surface area contributed by atoms with E-state index in [1.807, 2.05) is 19.4 Å². The highest BCUT2D eigenvalue weighted by molar-refractivity contribution is 5.94. The number of carbonyl (C=O) groups excluding carboxylic acids is 1. The van der Waals surface area contributed by atoms with Gasteiger partial charge in [-0.05, 0) is 44.4 Å². The zero-order valence-corrected chi connectivity index (χ0v) is 13.3. The summed E-state index contributed by atoms with van der Waals surface area (Å²) in [6.45, 7) is 0.806. The van der Waals surface area contributed by atoms with Crippen molar-refractivity contribution in [1.29, 1.82) is 0 Å². The number of amides is 1. The molecule has 2 unspecified atom stereocenters. The van der Waals surface area contributed by atoms with Crippen LogP contribution >= 0.6 is 0 Å². The van der Waals surface area contributed by atoms with Crippen molar-refractivity contribution in [3.05, 3.63) is 18.0 Å². The van der Waals surface area contributed by atoms with Crippen molar-refractivity contribution < 1.29 is 14.7 Å². The first kappa shape index (κ1) is 13.6. The van der Waals surface area contributed by atoms with Crippen LogP contribution in [0.2, 0.25) is 0 Å². The highest BCUT2D eigenvalue weighted by atomic mass is 16.4. The van der Waals surface area contributed by atoms with Crippen molar-refractivity contribution in [2.45, 2.75) is 44.1 Å². The van der Waals surface area contributed by atoms with E-state index in [2.05, 4.69) is 10.00 Å². The van der Waals surface area contributed by atoms with Gasteiger partial charge in [-0.1, -0.05) is 0 Å². The van der Waals surface area contributed by atoms with Gasteiger partial charge >= 0.3 is 5.97 Å². The standard InChI is InChI=1S/C17H21N3O3/c1-19-7-12(6-18-19)17-4-2-11(17)3-5-20(17)13(21)15-8-16(9-15,10-15)14(22)23/h6-7,11H,2-5,8-10H2,1H3,(H,22,23). The third-order valence-corrected chi connectivity index (χ3v) is 7.12. The van der Waals surface area contributed by atoms with E-state index in [-0.39, 0.29) is 16.9 Å². The van der Waals surface area contributed by atoms with Gasteiger partial charge in [-0.3, -0.25) is 14.3 Å². The molecule has 2 atom stereocenters. The van der Waals surface area contributed by atoms with Crippen molar-refractivity contribution in [3.63, 3.8) is 0 Å². The second kappa shape index (κ2) is 3.79. The monoisotopic (exact) mass is 315 g/mol. The summed E-state index contributed by atoms with van der Waals surface area (Å²) in [7, 11) is 1.91. The first-order valence-corrected chi connectivity index (χ1v) is 8.47. The third kappa shape index (κ3) is 1.35. The summed E-state index contributed by atoms with van der Waals surface area (Å²) in [5.41, 5.74) is 0.0205. The zero-order valence-electron chi connectivity index (χ0n) is 13.3. The molecule has 6 heteroatoms. The average molecular weight is 315 g/mol. The van der Waals surface area contributed by atoms with Crippen molar-refractivity contribution in [1.82, 2.24) is 14.7 Å². The Morgan fingerprint density at radius 1 is 1.26 bits per heavy atom. The lowest BCUT2D eigenvalue weighted by Crippen LogP contribution is -2.72. The molecule has 5 fully saturated rings. The maximum atomic E-state index is 13.2. The molecule has 0 aromatic carbocycles. The number of rotatable bonds is 3. The SMILES string of the molecule is Cn1cc(C23CCC2CCN3C(=O)C23CC(C(=O)O)(C2)C3)cn1. The maximum absolute atomic E-state index is 13.2. The predicted octanol–water partition coefficient (Wildman–Crippen LogP) is 1.51. The molecule has 6 nitrogen and oxygen atoms in total. The number of nitrogens with zero attached hydrogens (tertiary/aromatic N) is 3. The number of carbonyl (C=O) groups is 2. The number of carboxylic acids is 1. The summed E-state index contributed by atoms with van der Waals surface area (Å²) in [5.74, 6) is 0.0141. The number of aryl methyl sites for hydroxylation is 1. The Kier molecular flexibility index (Phi) is 2.24. The topological polar surface area (TPSA) is 75.4 Å². The van der Waals surface area contributed by atoms with Gasteiger partial charge in [-0.25, -0.2) is 0 Å². The maximum Gasteiger partial charge on any atom is 0.309 e. The van der Waals surface area contributed by atoms with Gasteiger partial charge in [0.2, 0.25) is 5.91 Å². The fraction of sp³-hybridized carbons (Fsp3) is 0.706. The van der Waals surface area contributed by atoms with E-state index in [1.165, 1.54) is 6.42 Å². The second-order valence-electron chi connectivity index (χ2n) is 8.20. The number of hydrogen-bond donors (Lipinski definition) is 1. The van der Waals surface area contributed by atoms with Crippen LogP contribution in [0.4, 0.5) is 0 Å². The minimum Gasteiger partial charge on any atom is -0.481 e. The molecule has 1 aromatic heterocycles. The van der Waals surface area contributed by atoms with Crippen LogP contribution in [0, 0.1) is 16.7 Å². The van der Waals surface area contributed by atoms with Crippen LogP contribution in [0.1, 0.15) is 44.1 Å². The molecule has 1 aliphatic heterocycles. The van der Waals surface area contributed by atoms with Gasteiger partial charge in [-0.2, -0.15) is 5.10 Å². The van der Waals surface area contributed by atoms with Gasteiger partial charge in [0.05, 0.1) is 22.6 Å². The molecule has 6 rings (SSSR count). The first-order valence-electron chi connectivity index (χ1n) is 8.47. The lowest BCUT2D eigenvalue weighted by atomic mass is 9.34. The third-order valence-electron chi connectivity index (χ3n) is 7.12. The molecule has 4 saturated carbocycles. The molecule has 23 heavy (non-hydrogen) atoms. The van der Waals surface area contributed by atoms with Crippen molar-refractivity contribution >= 4 is 11.9 Å². The van der Waals surface area contributed by atoms with Gasteiger partial charge in [0, 0.05) is 25.4 Å². The van der Waals surface area contributed by atoms with Crippen molar-refractivity contribution in [3.8, 4) is 0 Å². The highest BCUT2D eigenvalue weighted by Crippen LogP contribution is 2.75. The Bertz CT molecular complexity index is 719. The molecule has 2 heterocycles. The van der Waals surface area contributed by atoms with Crippen LogP contribution in [-0.4, -0.2) is 38.2 Å².